The number of nitrogens with two attached hydrogens (primary N) is 1. The molecule has 0 bridgehead atoms. The van der Waals surface area contributed by atoms with Gasteiger partial charge in [-0.15, -0.1) is 0 Å². The van der Waals surface area contributed by atoms with Gasteiger partial charge in [0.2, 0.25) is 0 Å². The van der Waals surface area contributed by atoms with Gasteiger partial charge in [-0.2, -0.15) is 0 Å². The Kier molecular flexibility index (Phi) is 16.1. The van der Waals surface area contributed by atoms with E-state index in [-0.39, 0.29) is 0 Å². The Hall–Kier alpha value is -0.730. The molecule has 0 fully saturated rings. The van der Waals surface area contributed by atoms with Crippen molar-refractivity contribution in [1.82, 2.24) is 0 Å². The maximum atomic E-state index is 10.5. The number of hydrogen-bond acceptors (Lipinski definition) is 2. The molecule has 0 aliphatic heterocycles. The molecule has 0 aromatic heterocycles. The number of hydrogen-bond donors (Lipinski definition) is 1. The van der Waals surface area contributed by atoms with Crippen LogP contribution in [0.3, 0.4) is 0 Å². The maximum Gasteiger partial charge on any atom is 0.404 e. The van der Waals surface area contributed by atoms with Crippen molar-refractivity contribution in [3.05, 3.63) is 0 Å². The van der Waals surface area contributed by atoms with E-state index in [4.69, 9.17) is 10.5 Å². The maximum absolute atomic E-state index is 10.5. The molecule has 0 saturated heterocycles. The number of primary amides is 1. The van der Waals surface area contributed by atoms with E-state index in [2.05, 4.69) is 13.8 Å². The van der Waals surface area contributed by atoms with Crippen LogP contribution in [0.1, 0.15) is 104 Å². The molecule has 0 heterocycles. The second-order valence-electron chi connectivity index (χ2n) is 6.58. The van der Waals surface area contributed by atoms with Gasteiger partial charge in [-0.05, 0) is 18.8 Å². The first kappa shape index (κ1) is 21.3. The average Bonchev–Trinajstić information content (AvgIpc) is 2.49. The fraction of sp³-hybridized carbons (Fsp3) is 0.947. The minimum absolute atomic E-state index is 0.481. The first-order valence-corrected chi connectivity index (χ1v) is 9.62. The molecule has 3 nitrogen and oxygen atoms in total. The predicted molar refractivity (Wildman–Crippen MR) is 95.0 cm³/mol. The molecule has 1 atom stereocenters. The Morgan fingerprint density at radius 3 is 1.73 bits per heavy atom. The summed E-state index contributed by atoms with van der Waals surface area (Å²) in [6, 6.07) is 0. The normalized spacial score (nSPS) is 12.3. The lowest BCUT2D eigenvalue weighted by Gasteiger charge is -2.17. The monoisotopic (exact) mass is 313 g/mol. The number of ether oxygens (including phenoxy) is 1. The van der Waals surface area contributed by atoms with Gasteiger partial charge in [0, 0.05) is 0 Å². The highest BCUT2D eigenvalue weighted by molar-refractivity contribution is 5.64. The van der Waals surface area contributed by atoms with Gasteiger partial charge in [0.05, 0.1) is 6.61 Å². The summed E-state index contributed by atoms with van der Waals surface area (Å²) in [5.41, 5.74) is 4.97. The third kappa shape index (κ3) is 15.7. The van der Waals surface area contributed by atoms with Crippen LogP contribution in [0.15, 0.2) is 0 Å². The van der Waals surface area contributed by atoms with Gasteiger partial charge in [-0.3, -0.25) is 0 Å². The number of amides is 1. The third-order valence-electron chi connectivity index (χ3n) is 4.43. The van der Waals surface area contributed by atoms with Crippen LogP contribution >= 0.6 is 0 Å². The molecule has 0 saturated carbocycles. The zero-order valence-electron chi connectivity index (χ0n) is 15.1. The highest BCUT2D eigenvalue weighted by Gasteiger charge is 2.08. The molecule has 0 radical (unpaired) electrons. The number of carbonyl (C=O) groups excluding carboxylic acids is 1. The van der Waals surface area contributed by atoms with Crippen molar-refractivity contribution in [3.63, 3.8) is 0 Å². The van der Waals surface area contributed by atoms with Gasteiger partial charge in [-0.25, -0.2) is 4.79 Å². The Morgan fingerprint density at radius 2 is 1.23 bits per heavy atom. The summed E-state index contributed by atoms with van der Waals surface area (Å²) in [4.78, 5) is 10.5. The molecule has 0 aromatic rings. The van der Waals surface area contributed by atoms with Crippen LogP contribution in [0.2, 0.25) is 0 Å². The van der Waals surface area contributed by atoms with Crippen molar-refractivity contribution in [2.45, 2.75) is 104 Å². The molecule has 0 aromatic carbocycles. The lowest BCUT2D eigenvalue weighted by Crippen LogP contribution is -2.13. The third-order valence-corrected chi connectivity index (χ3v) is 4.43. The highest BCUT2D eigenvalue weighted by atomic mass is 16.5. The number of unbranched alkanes of at least 4 members (excludes halogenated alkanes) is 8. The van der Waals surface area contributed by atoms with E-state index in [1.54, 1.807) is 0 Å². The van der Waals surface area contributed by atoms with Gasteiger partial charge in [-0.1, -0.05) is 90.9 Å². The van der Waals surface area contributed by atoms with Crippen molar-refractivity contribution >= 4 is 6.09 Å². The molecule has 132 valence electrons. The highest BCUT2D eigenvalue weighted by Crippen LogP contribution is 2.23. The van der Waals surface area contributed by atoms with Gasteiger partial charge in [0.15, 0.2) is 0 Å². The Balaban J connectivity index is 3.76. The van der Waals surface area contributed by atoms with Crippen molar-refractivity contribution in [3.8, 4) is 0 Å². The van der Waals surface area contributed by atoms with Crippen LogP contribution in [0.5, 0.6) is 0 Å². The number of rotatable bonds is 16. The molecule has 1 amide bonds. The zero-order chi connectivity index (χ0) is 16.5. The van der Waals surface area contributed by atoms with Crippen molar-refractivity contribution in [1.29, 1.82) is 0 Å². The summed E-state index contributed by atoms with van der Waals surface area (Å²) < 4.78 is 4.80. The molecular formula is C19H39NO2. The summed E-state index contributed by atoms with van der Waals surface area (Å²) in [6.07, 6.45) is 17.8. The average molecular weight is 314 g/mol. The minimum atomic E-state index is -0.646. The molecule has 0 aliphatic rings. The van der Waals surface area contributed by atoms with E-state index in [1.807, 2.05) is 0 Å². The minimum Gasteiger partial charge on any atom is -0.450 e. The fourth-order valence-electron chi connectivity index (χ4n) is 3.04. The molecule has 0 spiro atoms. The molecule has 0 aliphatic carbocycles. The predicted octanol–water partition coefficient (Wildman–Crippen LogP) is 6.20. The van der Waals surface area contributed by atoms with Gasteiger partial charge in [0.25, 0.3) is 0 Å². The Morgan fingerprint density at radius 1 is 0.773 bits per heavy atom. The van der Waals surface area contributed by atoms with Crippen LogP contribution in [-0.2, 0) is 4.74 Å². The molecule has 1 unspecified atom stereocenters. The van der Waals surface area contributed by atoms with E-state index in [9.17, 15) is 4.79 Å². The first-order chi connectivity index (χ1) is 10.7. The van der Waals surface area contributed by atoms with Gasteiger partial charge >= 0.3 is 6.09 Å². The molecule has 22 heavy (non-hydrogen) atoms. The summed E-state index contributed by atoms with van der Waals surface area (Å²) in [7, 11) is 0. The summed E-state index contributed by atoms with van der Waals surface area (Å²) in [6.45, 7) is 5.02. The smallest absolute Gasteiger partial charge is 0.404 e. The molecule has 0 rings (SSSR count). The van der Waals surface area contributed by atoms with E-state index >= 15 is 0 Å². The first-order valence-electron chi connectivity index (χ1n) is 9.62. The lowest BCUT2D eigenvalue weighted by atomic mass is 9.90. The Labute approximate surface area is 138 Å². The summed E-state index contributed by atoms with van der Waals surface area (Å²) in [5.74, 6) is 0.868. The van der Waals surface area contributed by atoms with E-state index < -0.39 is 6.09 Å². The molecular weight excluding hydrogens is 274 g/mol. The van der Waals surface area contributed by atoms with Crippen LogP contribution in [0.25, 0.3) is 0 Å². The van der Waals surface area contributed by atoms with Crippen molar-refractivity contribution in [2.75, 3.05) is 6.61 Å². The second-order valence-corrected chi connectivity index (χ2v) is 6.58. The lowest BCUT2D eigenvalue weighted by molar-refractivity contribution is 0.153. The van der Waals surface area contributed by atoms with E-state index in [0.717, 1.165) is 18.8 Å². The van der Waals surface area contributed by atoms with Gasteiger partial charge < -0.3 is 10.5 Å². The molecule has 3 heteroatoms. The Bertz CT molecular complexity index is 244. The van der Waals surface area contributed by atoms with E-state index in [1.165, 1.54) is 77.0 Å². The number of carbonyl (C=O) groups is 1. The largest absolute Gasteiger partial charge is 0.450 e. The van der Waals surface area contributed by atoms with Gasteiger partial charge in [0.1, 0.15) is 0 Å². The van der Waals surface area contributed by atoms with Crippen LogP contribution in [0.4, 0.5) is 4.79 Å². The quantitative estimate of drug-likeness (QED) is 0.345. The van der Waals surface area contributed by atoms with Crippen LogP contribution < -0.4 is 5.73 Å². The molecule has 2 N–H and O–H groups in total. The summed E-state index contributed by atoms with van der Waals surface area (Å²) in [5, 5.41) is 0. The summed E-state index contributed by atoms with van der Waals surface area (Å²) >= 11 is 0. The van der Waals surface area contributed by atoms with Crippen LogP contribution in [-0.4, -0.2) is 12.7 Å². The fourth-order valence-corrected chi connectivity index (χ4v) is 3.04. The SMILES string of the molecule is CCCCCCCC(CCCCCC)CCCCOC(N)=O. The second kappa shape index (κ2) is 16.6. The zero-order valence-corrected chi connectivity index (χ0v) is 15.1. The van der Waals surface area contributed by atoms with E-state index in [0.29, 0.717) is 6.61 Å². The van der Waals surface area contributed by atoms with Crippen molar-refractivity contribution in [2.24, 2.45) is 11.7 Å². The topological polar surface area (TPSA) is 52.3 Å². The van der Waals surface area contributed by atoms with Crippen LogP contribution in [0, 0.1) is 5.92 Å². The van der Waals surface area contributed by atoms with Crippen molar-refractivity contribution < 1.29 is 9.53 Å². The standard InChI is InChI=1S/C19H39NO2/c1-3-5-7-9-11-15-18(14-10-8-6-4-2)16-12-13-17-22-19(20)21/h18H,3-17H2,1-2H3,(H2,20,21).